The van der Waals surface area contributed by atoms with Crippen LogP contribution in [0, 0.1) is 0 Å². The molecule has 0 heterocycles. The van der Waals surface area contributed by atoms with Crippen LogP contribution in [0.1, 0.15) is 17.2 Å². The second-order valence-electron chi connectivity index (χ2n) is 4.95. The molecule has 21 heavy (non-hydrogen) atoms. The predicted molar refractivity (Wildman–Crippen MR) is 78.1 cm³/mol. The number of anilines is 1. The molecule has 0 saturated heterocycles. The topological polar surface area (TPSA) is 29.3 Å². The lowest BCUT2D eigenvalue weighted by molar-refractivity contribution is -0.137. The second-order valence-corrected chi connectivity index (χ2v) is 4.95. The maximum Gasteiger partial charge on any atom is 0.416 e. The summed E-state index contributed by atoms with van der Waals surface area (Å²) in [6, 6.07) is 14.3. The Hall–Kier alpha value is -2.01. The van der Waals surface area contributed by atoms with Gasteiger partial charge in [0.25, 0.3) is 0 Å². The lowest BCUT2D eigenvalue weighted by Crippen LogP contribution is -2.29. The van der Waals surface area contributed by atoms with E-state index in [2.05, 4.69) is 0 Å². The van der Waals surface area contributed by atoms with Crippen LogP contribution in [0.4, 0.5) is 18.9 Å². The lowest BCUT2D eigenvalue weighted by atomic mass is 10.0. The van der Waals surface area contributed by atoms with Gasteiger partial charge in [0.15, 0.2) is 0 Å². The van der Waals surface area contributed by atoms with Crippen LogP contribution in [0.25, 0.3) is 0 Å². The Morgan fingerprint density at radius 2 is 1.71 bits per heavy atom. The maximum atomic E-state index is 12.7. The van der Waals surface area contributed by atoms with Crippen molar-refractivity contribution in [1.29, 1.82) is 0 Å². The first-order chi connectivity index (χ1) is 9.88. The average Bonchev–Trinajstić information content (AvgIpc) is 2.47. The normalized spacial score (nSPS) is 13.0. The zero-order valence-electron chi connectivity index (χ0n) is 11.6. The Bertz CT molecular complexity index is 582. The molecule has 112 valence electrons. The summed E-state index contributed by atoms with van der Waals surface area (Å²) in [6.45, 7) is 0.436. The minimum Gasteiger partial charge on any atom is -0.373 e. The Balaban J connectivity index is 2.12. The summed E-state index contributed by atoms with van der Waals surface area (Å²) in [7, 11) is 1.86. The van der Waals surface area contributed by atoms with E-state index < -0.39 is 17.8 Å². The van der Waals surface area contributed by atoms with E-state index in [9.17, 15) is 13.2 Å². The standard InChI is InChI=1S/C16H17F3N2/c1-21(14-8-3-2-4-9-14)11-15(20)12-6-5-7-13(10-12)16(17,18)19/h2-10,15H,11,20H2,1H3. The van der Waals surface area contributed by atoms with Gasteiger partial charge in [-0.1, -0.05) is 30.3 Å². The fourth-order valence-electron chi connectivity index (χ4n) is 2.13. The molecule has 1 unspecified atom stereocenters. The quantitative estimate of drug-likeness (QED) is 0.928. The van der Waals surface area contributed by atoms with E-state index in [4.69, 9.17) is 5.73 Å². The Morgan fingerprint density at radius 1 is 1.05 bits per heavy atom. The van der Waals surface area contributed by atoms with Crippen LogP contribution in [0.2, 0.25) is 0 Å². The van der Waals surface area contributed by atoms with E-state index in [0.29, 0.717) is 12.1 Å². The van der Waals surface area contributed by atoms with Gasteiger partial charge >= 0.3 is 6.18 Å². The first-order valence-corrected chi connectivity index (χ1v) is 6.57. The summed E-state index contributed by atoms with van der Waals surface area (Å²) in [6.07, 6.45) is -4.35. The van der Waals surface area contributed by atoms with E-state index in [-0.39, 0.29) is 0 Å². The van der Waals surface area contributed by atoms with Crippen molar-refractivity contribution in [1.82, 2.24) is 0 Å². The van der Waals surface area contributed by atoms with Crippen LogP contribution in [-0.4, -0.2) is 13.6 Å². The van der Waals surface area contributed by atoms with E-state index in [1.807, 2.05) is 42.3 Å². The molecule has 0 bridgehead atoms. The highest BCUT2D eigenvalue weighted by molar-refractivity contribution is 5.45. The minimum atomic E-state index is -4.35. The molecule has 0 saturated carbocycles. The molecule has 0 amide bonds. The van der Waals surface area contributed by atoms with E-state index in [1.165, 1.54) is 6.07 Å². The molecule has 0 spiro atoms. The van der Waals surface area contributed by atoms with E-state index in [1.54, 1.807) is 6.07 Å². The van der Waals surface area contributed by atoms with Gasteiger partial charge in [-0.15, -0.1) is 0 Å². The summed E-state index contributed by atoms with van der Waals surface area (Å²) in [5, 5.41) is 0. The van der Waals surface area contributed by atoms with E-state index >= 15 is 0 Å². The SMILES string of the molecule is CN(CC(N)c1cccc(C(F)(F)F)c1)c1ccccc1. The maximum absolute atomic E-state index is 12.7. The molecule has 0 aliphatic carbocycles. The third-order valence-corrected chi connectivity index (χ3v) is 3.31. The summed E-state index contributed by atoms with van der Waals surface area (Å²) in [5.41, 5.74) is 6.82. The second kappa shape index (κ2) is 6.18. The molecule has 0 radical (unpaired) electrons. The third kappa shape index (κ3) is 3.98. The lowest BCUT2D eigenvalue weighted by Gasteiger charge is -2.24. The van der Waals surface area contributed by atoms with E-state index in [0.717, 1.165) is 17.8 Å². The van der Waals surface area contributed by atoms with Gasteiger partial charge in [0, 0.05) is 25.3 Å². The highest BCUT2D eigenvalue weighted by Crippen LogP contribution is 2.30. The van der Waals surface area contributed by atoms with Crippen molar-refractivity contribution in [3.8, 4) is 0 Å². The molecule has 2 nitrogen and oxygen atoms in total. The molecule has 1 atom stereocenters. The number of hydrogen-bond acceptors (Lipinski definition) is 2. The first-order valence-electron chi connectivity index (χ1n) is 6.57. The number of nitrogens with two attached hydrogens (primary N) is 1. The molecule has 2 aromatic carbocycles. The molecule has 2 rings (SSSR count). The molecule has 2 aromatic rings. The smallest absolute Gasteiger partial charge is 0.373 e. The highest BCUT2D eigenvalue weighted by atomic mass is 19.4. The fraction of sp³-hybridized carbons (Fsp3) is 0.250. The number of rotatable bonds is 4. The summed E-state index contributed by atoms with van der Waals surface area (Å²) >= 11 is 0. The number of benzene rings is 2. The molecule has 0 aromatic heterocycles. The van der Waals surface area contributed by atoms with Crippen molar-refractivity contribution in [2.75, 3.05) is 18.5 Å². The van der Waals surface area contributed by atoms with Crippen molar-refractivity contribution < 1.29 is 13.2 Å². The number of alkyl halides is 3. The monoisotopic (exact) mass is 294 g/mol. The molecule has 0 aliphatic rings. The van der Waals surface area contributed by atoms with Crippen LogP contribution < -0.4 is 10.6 Å². The van der Waals surface area contributed by atoms with Crippen molar-refractivity contribution in [2.24, 2.45) is 5.73 Å². The van der Waals surface area contributed by atoms with Crippen molar-refractivity contribution in [2.45, 2.75) is 12.2 Å². The molecule has 0 aliphatic heterocycles. The molecule has 2 N–H and O–H groups in total. The van der Waals surface area contributed by atoms with Gasteiger partial charge in [0.05, 0.1) is 5.56 Å². The molecule has 5 heteroatoms. The fourth-order valence-corrected chi connectivity index (χ4v) is 2.13. The number of para-hydroxylation sites is 1. The van der Waals surface area contributed by atoms with Crippen molar-refractivity contribution in [3.63, 3.8) is 0 Å². The number of likely N-dealkylation sites (N-methyl/N-ethyl adjacent to an activating group) is 1. The Labute approximate surface area is 122 Å². The number of nitrogens with zero attached hydrogens (tertiary/aromatic N) is 1. The van der Waals surface area contributed by atoms with Gasteiger partial charge in [0.2, 0.25) is 0 Å². The van der Waals surface area contributed by atoms with Gasteiger partial charge in [-0.3, -0.25) is 0 Å². The zero-order valence-corrected chi connectivity index (χ0v) is 11.6. The van der Waals surface area contributed by atoms with Gasteiger partial charge < -0.3 is 10.6 Å². The largest absolute Gasteiger partial charge is 0.416 e. The van der Waals surface area contributed by atoms with Gasteiger partial charge in [-0.25, -0.2) is 0 Å². The molecular formula is C16H17F3N2. The highest BCUT2D eigenvalue weighted by Gasteiger charge is 2.30. The Kier molecular flexibility index (Phi) is 4.53. The predicted octanol–water partition coefficient (Wildman–Crippen LogP) is 3.84. The summed E-state index contributed by atoms with van der Waals surface area (Å²) in [4.78, 5) is 1.92. The third-order valence-electron chi connectivity index (χ3n) is 3.31. The van der Waals surface area contributed by atoms with Crippen LogP contribution >= 0.6 is 0 Å². The molecular weight excluding hydrogens is 277 g/mol. The first kappa shape index (κ1) is 15.4. The van der Waals surface area contributed by atoms with Crippen LogP contribution in [0.5, 0.6) is 0 Å². The number of halogens is 3. The zero-order chi connectivity index (χ0) is 15.5. The van der Waals surface area contributed by atoms with Gasteiger partial charge in [0.1, 0.15) is 0 Å². The summed E-state index contributed by atoms with van der Waals surface area (Å²) in [5.74, 6) is 0. The van der Waals surface area contributed by atoms with Crippen LogP contribution in [0.3, 0.4) is 0 Å². The molecule has 0 fully saturated rings. The summed E-state index contributed by atoms with van der Waals surface area (Å²) < 4.78 is 38.1. The van der Waals surface area contributed by atoms with Crippen molar-refractivity contribution in [3.05, 3.63) is 65.7 Å². The Morgan fingerprint density at radius 3 is 2.33 bits per heavy atom. The van der Waals surface area contributed by atoms with Crippen LogP contribution in [0.15, 0.2) is 54.6 Å². The average molecular weight is 294 g/mol. The van der Waals surface area contributed by atoms with Crippen molar-refractivity contribution >= 4 is 5.69 Å². The van der Waals surface area contributed by atoms with Crippen LogP contribution in [-0.2, 0) is 6.18 Å². The van der Waals surface area contributed by atoms with Gasteiger partial charge in [-0.2, -0.15) is 13.2 Å². The van der Waals surface area contributed by atoms with Gasteiger partial charge in [-0.05, 0) is 29.8 Å². The number of hydrogen-bond donors (Lipinski definition) is 1. The minimum absolute atomic E-state index is 0.436.